The van der Waals surface area contributed by atoms with E-state index in [1.165, 1.54) is 16.7 Å². The van der Waals surface area contributed by atoms with Gasteiger partial charge in [-0.3, -0.25) is 0 Å². The highest BCUT2D eigenvalue weighted by Crippen LogP contribution is 2.33. The predicted octanol–water partition coefficient (Wildman–Crippen LogP) is 4.30. The third kappa shape index (κ3) is 3.45. The molecule has 0 aromatic heterocycles. The van der Waals surface area contributed by atoms with E-state index in [1.54, 1.807) is 7.11 Å². The van der Waals surface area contributed by atoms with E-state index in [1.807, 2.05) is 19.2 Å². The Balaban J connectivity index is 2.51. The maximum absolute atomic E-state index is 5.36. The Morgan fingerprint density at radius 3 is 2.33 bits per heavy atom. The molecule has 21 heavy (non-hydrogen) atoms. The number of methoxy groups -OCH3 is 1. The first kappa shape index (κ1) is 15.6. The zero-order valence-corrected chi connectivity index (χ0v) is 13.6. The molecule has 0 radical (unpaired) electrons. The second kappa shape index (κ2) is 6.31. The molecule has 0 heterocycles. The Kier molecular flexibility index (Phi) is 4.69. The molecule has 0 bridgehead atoms. The first-order valence-electron chi connectivity index (χ1n) is 7.38. The van der Waals surface area contributed by atoms with Crippen molar-refractivity contribution in [3.8, 4) is 5.75 Å². The van der Waals surface area contributed by atoms with Crippen molar-refractivity contribution in [2.24, 2.45) is 0 Å². The van der Waals surface area contributed by atoms with Gasteiger partial charge in [-0.15, -0.1) is 0 Å². The van der Waals surface area contributed by atoms with Crippen LogP contribution in [0.3, 0.4) is 0 Å². The Bertz CT molecular complexity index is 599. The van der Waals surface area contributed by atoms with Crippen LogP contribution in [0.1, 0.15) is 43.5 Å². The molecule has 0 saturated heterocycles. The topological polar surface area (TPSA) is 21.3 Å². The van der Waals surface area contributed by atoms with Crippen molar-refractivity contribution in [2.45, 2.75) is 32.2 Å². The first-order valence-corrected chi connectivity index (χ1v) is 7.38. The molecule has 0 saturated carbocycles. The molecule has 112 valence electrons. The number of rotatable bonds is 4. The Morgan fingerprint density at radius 1 is 1.00 bits per heavy atom. The quantitative estimate of drug-likeness (QED) is 0.903. The largest absolute Gasteiger partial charge is 0.497 e. The lowest BCUT2D eigenvalue weighted by Crippen LogP contribution is -2.23. The number of hydrogen-bond acceptors (Lipinski definition) is 2. The number of ether oxygens (including phenoxy) is 1. The third-order valence-corrected chi connectivity index (χ3v) is 3.80. The minimum Gasteiger partial charge on any atom is -0.497 e. The lowest BCUT2D eigenvalue weighted by molar-refractivity contribution is 0.413. The van der Waals surface area contributed by atoms with Gasteiger partial charge in [0, 0.05) is 0 Å². The maximum atomic E-state index is 5.36. The van der Waals surface area contributed by atoms with Gasteiger partial charge in [0.25, 0.3) is 0 Å². The average molecular weight is 283 g/mol. The van der Waals surface area contributed by atoms with Crippen molar-refractivity contribution in [1.82, 2.24) is 5.32 Å². The van der Waals surface area contributed by atoms with Crippen molar-refractivity contribution in [3.63, 3.8) is 0 Å². The molecule has 0 spiro atoms. The van der Waals surface area contributed by atoms with Gasteiger partial charge in [0.1, 0.15) is 5.75 Å². The van der Waals surface area contributed by atoms with Crippen LogP contribution in [0.4, 0.5) is 0 Å². The van der Waals surface area contributed by atoms with Crippen LogP contribution >= 0.6 is 0 Å². The van der Waals surface area contributed by atoms with Gasteiger partial charge >= 0.3 is 0 Å². The molecule has 0 aliphatic carbocycles. The summed E-state index contributed by atoms with van der Waals surface area (Å²) in [5, 5.41) is 3.44. The van der Waals surface area contributed by atoms with Crippen LogP contribution in [0.5, 0.6) is 5.75 Å². The SMILES string of the molecule is CNC(c1cccc(OC)c1)c1ccccc1C(C)(C)C. The summed E-state index contributed by atoms with van der Waals surface area (Å²) in [6, 6.07) is 17.1. The van der Waals surface area contributed by atoms with E-state index in [9.17, 15) is 0 Å². The molecule has 2 rings (SSSR count). The molecular formula is C19H25NO. The van der Waals surface area contributed by atoms with Gasteiger partial charge in [-0.05, 0) is 41.3 Å². The molecule has 1 N–H and O–H groups in total. The molecule has 1 unspecified atom stereocenters. The highest BCUT2D eigenvalue weighted by molar-refractivity contribution is 5.42. The van der Waals surface area contributed by atoms with E-state index in [-0.39, 0.29) is 11.5 Å². The summed E-state index contributed by atoms with van der Waals surface area (Å²) in [5.74, 6) is 0.890. The van der Waals surface area contributed by atoms with Crippen LogP contribution in [-0.4, -0.2) is 14.2 Å². The van der Waals surface area contributed by atoms with Crippen LogP contribution in [0.2, 0.25) is 0 Å². The number of benzene rings is 2. The Hall–Kier alpha value is -1.80. The Morgan fingerprint density at radius 2 is 1.71 bits per heavy atom. The summed E-state index contributed by atoms with van der Waals surface area (Å²) >= 11 is 0. The smallest absolute Gasteiger partial charge is 0.119 e. The van der Waals surface area contributed by atoms with E-state index < -0.39 is 0 Å². The molecule has 2 aromatic carbocycles. The van der Waals surface area contributed by atoms with Crippen LogP contribution in [-0.2, 0) is 5.41 Å². The van der Waals surface area contributed by atoms with Gasteiger partial charge in [-0.2, -0.15) is 0 Å². The number of nitrogens with one attached hydrogen (secondary N) is 1. The second-order valence-corrected chi connectivity index (χ2v) is 6.34. The average Bonchev–Trinajstić information content (AvgIpc) is 2.48. The predicted molar refractivity (Wildman–Crippen MR) is 89.0 cm³/mol. The zero-order chi connectivity index (χ0) is 15.5. The maximum Gasteiger partial charge on any atom is 0.119 e. The van der Waals surface area contributed by atoms with Crippen molar-refractivity contribution < 1.29 is 4.74 Å². The van der Waals surface area contributed by atoms with E-state index in [4.69, 9.17) is 4.74 Å². The molecule has 0 amide bonds. The van der Waals surface area contributed by atoms with Crippen molar-refractivity contribution in [3.05, 3.63) is 65.2 Å². The van der Waals surface area contributed by atoms with Gasteiger partial charge in [0.05, 0.1) is 13.2 Å². The van der Waals surface area contributed by atoms with Crippen molar-refractivity contribution in [2.75, 3.05) is 14.2 Å². The molecule has 2 aromatic rings. The summed E-state index contributed by atoms with van der Waals surface area (Å²) in [5.41, 5.74) is 4.02. The summed E-state index contributed by atoms with van der Waals surface area (Å²) in [6.07, 6.45) is 0. The van der Waals surface area contributed by atoms with Crippen molar-refractivity contribution >= 4 is 0 Å². The lowest BCUT2D eigenvalue weighted by atomic mass is 9.80. The summed E-state index contributed by atoms with van der Waals surface area (Å²) in [7, 11) is 3.71. The van der Waals surface area contributed by atoms with E-state index >= 15 is 0 Å². The summed E-state index contributed by atoms with van der Waals surface area (Å²) < 4.78 is 5.36. The van der Waals surface area contributed by atoms with Crippen LogP contribution < -0.4 is 10.1 Å². The fraction of sp³-hybridized carbons (Fsp3) is 0.368. The van der Waals surface area contributed by atoms with E-state index in [0.29, 0.717) is 0 Å². The van der Waals surface area contributed by atoms with Crippen molar-refractivity contribution in [1.29, 1.82) is 0 Å². The summed E-state index contributed by atoms with van der Waals surface area (Å²) in [4.78, 5) is 0. The lowest BCUT2D eigenvalue weighted by Gasteiger charge is -2.28. The van der Waals surface area contributed by atoms with Gasteiger partial charge < -0.3 is 10.1 Å². The molecule has 2 heteroatoms. The Labute approximate surface area is 128 Å². The van der Waals surface area contributed by atoms with Crippen LogP contribution in [0.15, 0.2) is 48.5 Å². The molecule has 1 atom stereocenters. The third-order valence-electron chi connectivity index (χ3n) is 3.80. The van der Waals surface area contributed by atoms with E-state index in [2.05, 4.69) is 62.5 Å². The first-order chi connectivity index (χ1) is 9.97. The number of hydrogen-bond donors (Lipinski definition) is 1. The minimum absolute atomic E-state index is 0.116. The van der Waals surface area contributed by atoms with Crippen LogP contribution in [0, 0.1) is 0 Å². The molecule has 2 nitrogen and oxygen atoms in total. The molecule has 0 aliphatic heterocycles. The monoisotopic (exact) mass is 283 g/mol. The standard InChI is InChI=1S/C19H25NO/c1-19(2,3)17-12-7-6-11-16(17)18(20-4)14-9-8-10-15(13-14)21-5/h6-13,18,20H,1-5H3. The minimum atomic E-state index is 0.116. The zero-order valence-electron chi connectivity index (χ0n) is 13.6. The molecule has 0 aliphatic rings. The molecular weight excluding hydrogens is 258 g/mol. The second-order valence-electron chi connectivity index (χ2n) is 6.34. The highest BCUT2D eigenvalue weighted by atomic mass is 16.5. The van der Waals surface area contributed by atoms with Gasteiger partial charge in [0.15, 0.2) is 0 Å². The molecule has 0 fully saturated rings. The fourth-order valence-corrected chi connectivity index (χ4v) is 2.75. The fourth-order valence-electron chi connectivity index (χ4n) is 2.75. The summed E-state index contributed by atoms with van der Waals surface area (Å²) in [6.45, 7) is 6.76. The van der Waals surface area contributed by atoms with Gasteiger partial charge in [0.2, 0.25) is 0 Å². The highest BCUT2D eigenvalue weighted by Gasteiger charge is 2.22. The normalized spacial score (nSPS) is 13.0. The van der Waals surface area contributed by atoms with E-state index in [0.717, 1.165) is 5.75 Å². The van der Waals surface area contributed by atoms with Crippen LogP contribution in [0.25, 0.3) is 0 Å². The van der Waals surface area contributed by atoms with Gasteiger partial charge in [-0.25, -0.2) is 0 Å². The van der Waals surface area contributed by atoms with Gasteiger partial charge in [-0.1, -0.05) is 57.2 Å².